The number of hydrogen-bond donors (Lipinski definition) is 1. The second-order valence-corrected chi connectivity index (χ2v) is 7.59. The van der Waals surface area contributed by atoms with E-state index in [0.29, 0.717) is 61.1 Å². The molecule has 1 aromatic carbocycles. The van der Waals surface area contributed by atoms with Crippen LogP contribution in [0.15, 0.2) is 48.1 Å². The number of likely N-dealkylation sites (tertiary alicyclic amines) is 1. The van der Waals surface area contributed by atoms with Gasteiger partial charge in [0.25, 0.3) is 0 Å². The van der Waals surface area contributed by atoms with Crippen molar-refractivity contribution in [2.24, 2.45) is 11.1 Å². The van der Waals surface area contributed by atoms with Gasteiger partial charge in [-0.2, -0.15) is 0 Å². The van der Waals surface area contributed by atoms with Crippen LogP contribution in [0, 0.1) is 12.8 Å². The predicted octanol–water partition coefficient (Wildman–Crippen LogP) is 3.94. The third-order valence-electron chi connectivity index (χ3n) is 5.48. The monoisotopic (exact) mass is 439 g/mol. The van der Waals surface area contributed by atoms with Gasteiger partial charge < -0.3 is 24.3 Å². The lowest BCUT2D eigenvalue weighted by Crippen LogP contribution is -2.41. The van der Waals surface area contributed by atoms with Crippen molar-refractivity contribution in [1.82, 2.24) is 9.88 Å². The number of aryl methyl sites for hydroxylation is 1. The Labute approximate surface area is 188 Å². The lowest BCUT2D eigenvalue weighted by atomic mass is 9.96. The normalized spacial score (nSPS) is 14.7. The summed E-state index contributed by atoms with van der Waals surface area (Å²) < 4.78 is 16.5. The molecular formula is C24H29N3O5. The highest BCUT2D eigenvalue weighted by molar-refractivity contribution is 6.00. The Balaban J connectivity index is 1.88. The van der Waals surface area contributed by atoms with Crippen LogP contribution in [0.25, 0.3) is 0 Å². The van der Waals surface area contributed by atoms with E-state index in [2.05, 4.69) is 16.7 Å². The molecule has 0 aliphatic carbocycles. The molecule has 0 amide bonds. The fourth-order valence-electron chi connectivity index (χ4n) is 3.76. The van der Waals surface area contributed by atoms with Gasteiger partial charge in [-0.25, -0.2) is 4.98 Å². The number of rotatable bonds is 7. The zero-order chi connectivity index (χ0) is 23.1. The standard InChI is InChI=1S/C24H29N3O5/c1-5-6-17-8-10-20(21(15-17)30-3)32-23-19(9-7-16(2)25-23)22(26-29)27-13-11-18(12-14-27)24(28)31-4/h5,7-10,15,18,29H,1,6,11-14H2,2-4H3/b26-22-. The predicted molar refractivity (Wildman–Crippen MR) is 121 cm³/mol. The number of methoxy groups -OCH3 is 2. The van der Waals surface area contributed by atoms with Gasteiger partial charge in [0.2, 0.25) is 5.88 Å². The quantitative estimate of drug-likeness (QED) is 0.174. The Morgan fingerprint density at radius 1 is 1.25 bits per heavy atom. The van der Waals surface area contributed by atoms with Gasteiger partial charge in [-0.1, -0.05) is 17.3 Å². The summed E-state index contributed by atoms with van der Waals surface area (Å²) in [7, 11) is 2.98. The number of pyridine rings is 1. The average molecular weight is 440 g/mol. The molecule has 2 heterocycles. The number of benzene rings is 1. The van der Waals surface area contributed by atoms with Crippen LogP contribution in [-0.4, -0.2) is 54.2 Å². The minimum Gasteiger partial charge on any atom is -0.493 e. The van der Waals surface area contributed by atoms with Crippen molar-refractivity contribution in [3.05, 3.63) is 59.8 Å². The third-order valence-corrected chi connectivity index (χ3v) is 5.48. The van der Waals surface area contributed by atoms with E-state index < -0.39 is 0 Å². The zero-order valence-corrected chi connectivity index (χ0v) is 18.7. The van der Waals surface area contributed by atoms with E-state index in [1.54, 1.807) is 7.11 Å². The SMILES string of the molecule is C=CCc1ccc(Oc2nc(C)ccc2/C(=N/O)N2CCC(C(=O)OC)CC2)c(OC)c1. The van der Waals surface area contributed by atoms with Gasteiger partial charge in [0, 0.05) is 18.8 Å². The molecule has 1 N–H and O–H groups in total. The summed E-state index contributed by atoms with van der Waals surface area (Å²) in [4.78, 5) is 18.3. The smallest absolute Gasteiger partial charge is 0.308 e. The Kier molecular flexibility index (Phi) is 7.70. The number of ether oxygens (including phenoxy) is 3. The number of hydrogen-bond acceptors (Lipinski definition) is 7. The highest BCUT2D eigenvalue weighted by atomic mass is 16.5. The number of allylic oxidation sites excluding steroid dienone is 1. The van der Waals surface area contributed by atoms with Gasteiger partial charge in [-0.3, -0.25) is 4.79 Å². The highest BCUT2D eigenvalue weighted by Gasteiger charge is 2.29. The molecular weight excluding hydrogens is 410 g/mol. The van der Waals surface area contributed by atoms with Crippen molar-refractivity contribution in [1.29, 1.82) is 0 Å². The molecule has 0 atom stereocenters. The number of carbonyl (C=O) groups excluding carboxylic acids is 1. The van der Waals surface area contributed by atoms with Gasteiger partial charge in [0.15, 0.2) is 17.3 Å². The van der Waals surface area contributed by atoms with E-state index in [0.717, 1.165) is 11.3 Å². The lowest BCUT2D eigenvalue weighted by molar-refractivity contribution is -0.146. The molecule has 8 heteroatoms. The largest absolute Gasteiger partial charge is 0.493 e. The maximum absolute atomic E-state index is 11.8. The van der Waals surface area contributed by atoms with Gasteiger partial charge >= 0.3 is 5.97 Å². The first-order valence-electron chi connectivity index (χ1n) is 10.5. The number of piperidine rings is 1. The average Bonchev–Trinajstić information content (AvgIpc) is 2.81. The minimum absolute atomic E-state index is 0.151. The Morgan fingerprint density at radius 2 is 2.00 bits per heavy atom. The van der Waals surface area contributed by atoms with Crippen molar-refractivity contribution in [3.63, 3.8) is 0 Å². The molecule has 1 fully saturated rings. The van der Waals surface area contributed by atoms with Crippen molar-refractivity contribution in [2.45, 2.75) is 26.2 Å². The summed E-state index contributed by atoms with van der Waals surface area (Å²) in [6, 6.07) is 9.30. The number of carbonyl (C=O) groups is 1. The number of amidine groups is 1. The summed E-state index contributed by atoms with van der Waals surface area (Å²) >= 11 is 0. The van der Waals surface area contributed by atoms with Crippen molar-refractivity contribution in [3.8, 4) is 17.4 Å². The van der Waals surface area contributed by atoms with Crippen LogP contribution in [0.3, 0.4) is 0 Å². The molecule has 1 saturated heterocycles. The molecule has 1 aliphatic heterocycles. The van der Waals surface area contributed by atoms with E-state index in [9.17, 15) is 10.0 Å². The maximum Gasteiger partial charge on any atom is 0.308 e. The molecule has 32 heavy (non-hydrogen) atoms. The second-order valence-electron chi connectivity index (χ2n) is 7.59. The maximum atomic E-state index is 11.8. The summed E-state index contributed by atoms with van der Waals surface area (Å²) in [5, 5.41) is 13.4. The van der Waals surface area contributed by atoms with Crippen LogP contribution in [-0.2, 0) is 16.0 Å². The Morgan fingerprint density at radius 3 is 2.62 bits per heavy atom. The van der Waals surface area contributed by atoms with Crippen molar-refractivity contribution in [2.75, 3.05) is 27.3 Å². The van der Waals surface area contributed by atoms with Crippen LogP contribution < -0.4 is 9.47 Å². The fraction of sp³-hybridized carbons (Fsp3) is 0.375. The molecule has 0 radical (unpaired) electrons. The van der Waals surface area contributed by atoms with Crippen LogP contribution in [0.1, 0.15) is 29.7 Å². The van der Waals surface area contributed by atoms with E-state index in [1.807, 2.05) is 48.2 Å². The molecule has 2 aromatic rings. The van der Waals surface area contributed by atoms with Crippen molar-refractivity contribution < 1.29 is 24.2 Å². The highest BCUT2D eigenvalue weighted by Crippen LogP contribution is 2.34. The summed E-state index contributed by atoms with van der Waals surface area (Å²) in [5.41, 5.74) is 2.35. The Bertz CT molecular complexity index is 997. The Hall–Kier alpha value is -3.55. The first-order valence-corrected chi connectivity index (χ1v) is 10.5. The summed E-state index contributed by atoms with van der Waals surface area (Å²) in [5.74, 6) is 1.36. The fourth-order valence-corrected chi connectivity index (χ4v) is 3.76. The van der Waals surface area contributed by atoms with Gasteiger partial charge in [-0.05, 0) is 56.0 Å². The molecule has 3 rings (SSSR count). The topological polar surface area (TPSA) is 93.5 Å². The van der Waals surface area contributed by atoms with Crippen LogP contribution in [0.5, 0.6) is 17.4 Å². The molecule has 0 unspecified atom stereocenters. The molecule has 1 aliphatic rings. The number of aromatic nitrogens is 1. The van der Waals surface area contributed by atoms with Gasteiger partial charge in [0.05, 0.1) is 25.7 Å². The van der Waals surface area contributed by atoms with Gasteiger partial charge in [-0.15, -0.1) is 6.58 Å². The first-order chi connectivity index (χ1) is 15.5. The van der Waals surface area contributed by atoms with Crippen LogP contribution in [0.4, 0.5) is 0 Å². The molecule has 0 spiro atoms. The third kappa shape index (κ3) is 5.19. The summed E-state index contributed by atoms with van der Waals surface area (Å²) in [6.45, 7) is 6.72. The van der Waals surface area contributed by atoms with Crippen LogP contribution in [0.2, 0.25) is 0 Å². The second kappa shape index (κ2) is 10.7. The number of oxime groups is 1. The molecule has 0 saturated carbocycles. The van der Waals surface area contributed by atoms with Crippen LogP contribution >= 0.6 is 0 Å². The van der Waals surface area contributed by atoms with Gasteiger partial charge in [0.1, 0.15) is 0 Å². The molecule has 8 nitrogen and oxygen atoms in total. The number of nitrogens with zero attached hydrogens (tertiary/aromatic N) is 3. The summed E-state index contributed by atoms with van der Waals surface area (Å²) in [6.07, 6.45) is 3.76. The minimum atomic E-state index is -0.208. The van der Waals surface area contributed by atoms with E-state index in [1.165, 1.54) is 7.11 Å². The molecule has 1 aromatic heterocycles. The molecule has 0 bridgehead atoms. The van der Waals surface area contributed by atoms with E-state index in [4.69, 9.17) is 14.2 Å². The first kappa shape index (κ1) is 23.1. The molecule has 170 valence electrons. The number of esters is 1. The van der Waals surface area contributed by atoms with Crippen molar-refractivity contribution >= 4 is 11.8 Å². The van der Waals surface area contributed by atoms with E-state index >= 15 is 0 Å². The van der Waals surface area contributed by atoms with E-state index in [-0.39, 0.29) is 11.9 Å². The zero-order valence-electron chi connectivity index (χ0n) is 18.7. The lowest BCUT2D eigenvalue weighted by Gasteiger charge is -2.32.